The highest BCUT2D eigenvalue weighted by Crippen LogP contribution is 2.42. The third-order valence-electron chi connectivity index (χ3n) is 2.70. The summed E-state index contributed by atoms with van der Waals surface area (Å²) in [7, 11) is 0. The summed E-state index contributed by atoms with van der Waals surface area (Å²) in [6, 6.07) is 10.6. The van der Waals surface area contributed by atoms with Crippen LogP contribution in [0.3, 0.4) is 0 Å². The molecule has 0 spiro atoms. The average molecular weight is 198 g/mol. The minimum atomic E-state index is 0. The topological polar surface area (TPSA) is 26.0 Å². The van der Waals surface area contributed by atoms with Crippen LogP contribution in [-0.2, 0) is 0 Å². The molecule has 2 heteroatoms. The number of hydrogen-bond acceptors (Lipinski definition) is 1. The molecule has 2 rings (SSSR count). The van der Waals surface area contributed by atoms with Crippen molar-refractivity contribution >= 4 is 12.4 Å². The van der Waals surface area contributed by atoms with E-state index in [4.69, 9.17) is 5.73 Å². The summed E-state index contributed by atoms with van der Waals surface area (Å²) < 4.78 is 0. The maximum Gasteiger partial charge on any atom is 0.0137 e. The molecule has 0 heterocycles. The first-order valence-electron chi connectivity index (χ1n) is 4.51. The second-order valence-electron chi connectivity index (χ2n) is 4.17. The van der Waals surface area contributed by atoms with E-state index in [2.05, 4.69) is 37.3 Å². The SMILES string of the molecule is CC1(N)CC(c2ccccc2)C1.Cl. The molecule has 0 aliphatic heterocycles. The highest BCUT2D eigenvalue weighted by atomic mass is 35.5. The molecule has 0 unspecified atom stereocenters. The zero-order valence-electron chi connectivity index (χ0n) is 7.86. The van der Waals surface area contributed by atoms with Crippen LogP contribution in [-0.4, -0.2) is 5.54 Å². The van der Waals surface area contributed by atoms with Gasteiger partial charge in [0.1, 0.15) is 0 Å². The van der Waals surface area contributed by atoms with Crippen molar-refractivity contribution in [3.63, 3.8) is 0 Å². The highest BCUT2D eigenvalue weighted by molar-refractivity contribution is 5.85. The normalized spacial score (nSPS) is 31.7. The largest absolute Gasteiger partial charge is 0.325 e. The van der Waals surface area contributed by atoms with Crippen LogP contribution in [0.2, 0.25) is 0 Å². The van der Waals surface area contributed by atoms with Gasteiger partial charge in [-0.15, -0.1) is 12.4 Å². The number of rotatable bonds is 1. The minimum absolute atomic E-state index is 0. The molecule has 72 valence electrons. The molecule has 0 bridgehead atoms. The van der Waals surface area contributed by atoms with Gasteiger partial charge in [0.05, 0.1) is 0 Å². The van der Waals surface area contributed by atoms with Gasteiger partial charge in [-0.05, 0) is 31.2 Å². The molecule has 1 aliphatic carbocycles. The Morgan fingerprint density at radius 1 is 1.23 bits per heavy atom. The van der Waals surface area contributed by atoms with Crippen molar-refractivity contribution in [1.29, 1.82) is 0 Å². The van der Waals surface area contributed by atoms with Crippen LogP contribution < -0.4 is 5.73 Å². The zero-order valence-corrected chi connectivity index (χ0v) is 8.68. The molecule has 1 fully saturated rings. The molecule has 1 aliphatic rings. The third kappa shape index (κ3) is 2.23. The monoisotopic (exact) mass is 197 g/mol. The van der Waals surface area contributed by atoms with Crippen molar-refractivity contribution in [2.75, 3.05) is 0 Å². The number of hydrogen-bond donors (Lipinski definition) is 1. The fraction of sp³-hybridized carbons (Fsp3) is 0.455. The first-order valence-corrected chi connectivity index (χ1v) is 4.51. The van der Waals surface area contributed by atoms with Gasteiger partial charge in [-0.25, -0.2) is 0 Å². The molecule has 0 radical (unpaired) electrons. The summed E-state index contributed by atoms with van der Waals surface area (Å²) in [6.07, 6.45) is 2.27. The van der Waals surface area contributed by atoms with Gasteiger partial charge in [0, 0.05) is 5.54 Å². The summed E-state index contributed by atoms with van der Waals surface area (Å²) in [5.74, 6) is 0.709. The summed E-state index contributed by atoms with van der Waals surface area (Å²) in [4.78, 5) is 0. The second-order valence-corrected chi connectivity index (χ2v) is 4.17. The molecule has 1 saturated carbocycles. The summed E-state index contributed by atoms with van der Waals surface area (Å²) in [5.41, 5.74) is 7.49. The van der Waals surface area contributed by atoms with Gasteiger partial charge >= 0.3 is 0 Å². The van der Waals surface area contributed by atoms with E-state index in [1.165, 1.54) is 5.56 Å². The zero-order chi connectivity index (χ0) is 8.60. The van der Waals surface area contributed by atoms with Crippen molar-refractivity contribution in [2.24, 2.45) is 5.73 Å². The van der Waals surface area contributed by atoms with Crippen molar-refractivity contribution in [3.8, 4) is 0 Å². The van der Waals surface area contributed by atoms with Crippen LogP contribution in [0, 0.1) is 0 Å². The molecule has 1 nitrogen and oxygen atoms in total. The van der Waals surface area contributed by atoms with Crippen LogP contribution in [0.5, 0.6) is 0 Å². The standard InChI is InChI=1S/C11H15N.ClH/c1-11(12)7-10(8-11)9-5-3-2-4-6-9;/h2-6,10H,7-8,12H2,1H3;1H. The summed E-state index contributed by atoms with van der Waals surface area (Å²) in [5, 5.41) is 0. The summed E-state index contributed by atoms with van der Waals surface area (Å²) in [6.45, 7) is 2.13. The second kappa shape index (κ2) is 3.69. The molecule has 2 N–H and O–H groups in total. The molecular formula is C11H16ClN. The fourth-order valence-corrected chi connectivity index (χ4v) is 2.03. The lowest BCUT2D eigenvalue weighted by molar-refractivity contribution is 0.230. The van der Waals surface area contributed by atoms with E-state index in [1.807, 2.05) is 0 Å². The summed E-state index contributed by atoms with van der Waals surface area (Å²) >= 11 is 0. The Bertz CT molecular complexity index is 261. The molecule has 0 atom stereocenters. The van der Waals surface area contributed by atoms with E-state index in [1.54, 1.807) is 0 Å². The van der Waals surface area contributed by atoms with Crippen molar-refractivity contribution in [1.82, 2.24) is 0 Å². The highest BCUT2D eigenvalue weighted by Gasteiger charge is 2.37. The molecular weight excluding hydrogens is 182 g/mol. The van der Waals surface area contributed by atoms with Crippen LogP contribution in [0.1, 0.15) is 31.2 Å². The van der Waals surface area contributed by atoms with E-state index < -0.39 is 0 Å². The Morgan fingerprint density at radius 2 is 1.77 bits per heavy atom. The predicted molar refractivity (Wildman–Crippen MR) is 58.3 cm³/mol. The van der Waals surface area contributed by atoms with Crippen LogP contribution in [0.15, 0.2) is 30.3 Å². The molecule has 0 aromatic heterocycles. The third-order valence-corrected chi connectivity index (χ3v) is 2.70. The minimum Gasteiger partial charge on any atom is -0.325 e. The molecule has 0 amide bonds. The van der Waals surface area contributed by atoms with Crippen molar-refractivity contribution in [3.05, 3.63) is 35.9 Å². The van der Waals surface area contributed by atoms with Gasteiger partial charge in [-0.2, -0.15) is 0 Å². The van der Waals surface area contributed by atoms with Gasteiger partial charge in [-0.1, -0.05) is 30.3 Å². The lowest BCUT2D eigenvalue weighted by Gasteiger charge is -2.42. The van der Waals surface area contributed by atoms with Crippen molar-refractivity contribution < 1.29 is 0 Å². The van der Waals surface area contributed by atoms with Gasteiger partial charge in [0.25, 0.3) is 0 Å². The average Bonchev–Trinajstić information content (AvgIpc) is 2.02. The van der Waals surface area contributed by atoms with Crippen LogP contribution >= 0.6 is 12.4 Å². The van der Waals surface area contributed by atoms with E-state index in [-0.39, 0.29) is 17.9 Å². The quantitative estimate of drug-likeness (QED) is 0.736. The van der Waals surface area contributed by atoms with Gasteiger partial charge < -0.3 is 5.73 Å². The van der Waals surface area contributed by atoms with Gasteiger partial charge in [0.2, 0.25) is 0 Å². The Labute approximate surface area is 85.7 Å². The first kappa shape index (κ1) is 10.6. The molecule has 1 aromatic rings. The lowest BCUT2D eigenvalue weighted by Crippen LogP contribution is -2.47. The Morgan fingerprint density at radius 3 is 2.23 bits per heavy atom. The Hall–Kier alpha value is -0.530. The van der Waals surface area contributed by atoms with E-state index in [9.17, 15) is 0 Å². The predicted octanol–water partition coefficient (Wildman–Crippen LogP) is 2.70. The smallest absolute Gasteiger partial charge is 0.0137 e. The van der Waals surface area contributed by atoms with Crippen molar-refractivity contribution in [2.45, 2.75) is 31.2 Å². The molecule has 1 aromatic carbocycles. The first-order chi connectivity index (χ1) is 5.67. The number of nitrogens with two attached hydrogens (primary N) is 1. The fourth-order valence-electron chi connectivity index (χ4n) is 2.03. The Balaban J connectivity index is 0.000000845. The van der Waals surface area contributed by atoms with E-state index in [0.29, 0.717) is 5.92 Å². The van der Waals surface area contributed by atoms with E-state index >= 15 is 0 Å². The maximum atomic E-state index is 5.95. The molecule has 13 heavy (non-hydrogen) atoms. The number of benzene rings is 1. The van der Waals surface area contributed by atoms with Crippen LogP contribution in [0.25, 0.3) is 0 Å². The lowest BCUT2D eigenvalue weighted by atomic mass is 9.67. The van der Waals surface area contributed by atoms with Crippen LogP contribution in [0.4, 0.5) is 0 Å². The van der Waals surface area contributed by atoms with E-state index in [0.717, 1.165) is 12.8 Å². The Kier molecular flexibility index (Phi) is 2.99. The maximum absolute atomic E-state index is 5.95. The van der Waals surface area contributed by atoms with Gasteiger partial charge in [0.15, 0.2) is 0 Å². The number of halogens is 1. The molecule has 0 saturated heterocycles. The van der Waals surface area contributed by atoms with Gasteiger partial charge in [-0.3, -0.25) is 0 Å².